The molecule has 0 N–H and O–H groups in total. The molecule has 4 aromatic carbocycles. The lowest BCUT2D eigenvalue weighted by atomic mass is 9.69. The van der Waals surface area contributed by atoms with Gasteiger partial charge in [-0.05, 0) is 46.2 Å². The summed E-state index contributed by atoms with van der Waals surface area (Å²) in [5.74, 6) is 1.23. The van der Waals surface area contributed by atoms with Crippen LogP contribution in [0.1, 0.15) is 28.2 Å². The Kier molecular flexibility index (Phi) is 3.81. The zero-order valence-electron chi connectivity index (χ0n) is 17.0. The molecule has 0 saturated heterocycles. The van der Waals surface area contributed by atoms with Crippen LogP contribution in [0.3, 0.4) is 0 Å². The summed E-state index contributed by atoms with van der Waals surface area (Å²) in [6.45, 7) is 0. The Morgan fingerprint density at radius 3 is 2.45 bits per heavy atom. The first-order valence-corrected chi connectivity index (χ1v) is 10.4. The maximum atomic E-state index is 13.7. The van der Waals surface area contributed by atoms with Crippen LogP contribution in [0.15, 0.2) is 91.0 Å². The van der Waals surface area contributed by atoms with E-state index in [0.29, 0.717) is 0 Å². The van der Waals surface area contributed by atoms with Gasteiger partial charge in [0.25, 0.3) is 0 Å². The van der Waals surface area contributed by atoms with Gasteiger partial charge in [-0.15, -0.1) is 0 Å². The van der Waals surface area contributed by atoms with E-state index in [2.05, 4.69) is 18.2 Å². The Bertz CT molecular complexity index is 1370. The van der Waals surface area contributed by atoms with Gasteiger partial charge >= 0.3 is 0 Å². The van der Waals surface area contributed by atoms with Crippen molar-refractivity contribution in [2.75, 3.05) is 7.11 Å². The highest BCUT2D eigenvalue weighted by molar-refractivity contribution is 6.07. The van der Waals surface area contributed by atoms with E-state index in [4.69, 9.17) is 9.47 Å². The lowest BCUT2D eigenvalue weighted by molar-refractivity contribution is -0.130. The molecule has 31 heavy (non-hydrogen) atoms. The van der Waals surface area contributed by atoms with Crippen molar-refractivity contribution < 1.29 is 14.3 Å². The molecule has 2 atom stereocenters. The standard InChI is InChI=1S/C28H20O3/c1-30-21-14-10-20(11-15-21)27-26-22-8-4-2-6-18(22)12-16-24(26)31-28(27)23-9-5-3-7-19(23)13-17-25(28)29/h2-17,27H,1H3/t27-,28+/m0/s1. The minimum Gasteiger partial charge on any atom is -0.497 e. The Balaban J connectivity index is 1.70. The van der Waals surface area contributed by atoms with Crippen molar-refractivity contribution in [1.29, 1.82) is 0 Å². The zero-order chi connectivity index (χ0) is 21.0. The number of fused-ring (bicyclic) bond motifs is 5. The second-order valence-electron chi connectivity index (χ2n) is 8.03. The van der Waals surface area contributed by atoms with Gasteiger partial charge in [0.15, 0.2) is 0 Å². The number of ether oxygens (including phenoxy) is 2. The molecule has 1 aliphatic heterocycles. The van der Waals surface area contributed by atoms with Crippen molar-refractivity contribution in [3.8, 4) is 11.5 Å². The predicted octanol–water partition coefficient (Wildman–Crippen LogP) is 5.86. The second-order valence-corrected chi connectivity index (χ2v) is 8.03. The van der Waals surface area contributed by atoms with Crippen LogP contribution in [0, 0.1) is 0 Å². The molecule has 1 aliphatic carbocycles. The summed E-state index contributed by atoms with van der Waals surface area (Å²) >= 11 is 0. The molecular formula is C28H20O3. The molecule has 0 fully saturated rings. The molecule has 2 aliphatic rings. The van der Waals surface area contributed by atoms with Gasteiger partial charge in [0.1, 0.15) is 11.5 Å². The third-order valence-electron chi connectivity index (χ3n) is 6.49. The molecule has 3 nitrogen and oxygen atoms in total. The average Bonchev–Trinajstić information content (AvgIpc) is 3.18. The van der Waals surface area contributed by atoms with Gasteiger partial charge in [-0.1, -0.05) is 72.8 Å². The highest BCUT2D eigenvalue weighted by Crippen LogP contribution is 2.57. The highest BCUT2D eigenvalue weighted by atomic mass is 16.5. The fraction of sp³-hybridized carbons (Fsp3) is 0.107. The summed E-state index contributed by atoms with van der Waals surface area (Å²) in [5.41, 5.74) is 2.87. The molecule has 1 spiro atoms. The number of hydrogen-bond donors (Lipinski definition) is 0. The monoisotopic (exact) mass is 404 g/mol. The molecule has 0 bridgehead atoms. The minimum atomic E-state index is -1.13. The molecule has 0 radical (unpaired) electrons. The van der Waals surface area contributed by atoms with E-state index in [9.17, 15) is 4.79 Å². The predicted molar refractivity (Wildman–Crippen MR) is 122 cm³/mol. The summed E-state index contributed by atoms with van der Waals surface area (Å²) in [4.78, 5) is 13.7. The fourth-order valence-corrected chi connectivity index (χ4v) is 5.10. The lowest BCUT2D eigenvalue weighted by Crippen LogP contribution is -2.45. The number of carbonyl (C=O) groups excluding carboxylic acids is 1. The number of benzene rings is 4. The normalized spacial score (nSPS) is 21.1. The average molecular weight is 404 g/mol. The Morgan fingerprint density at radius 2 is 1.61 bits per heavy atom. The number of methoxy groups -OCH3 is 1. The highest BCUT2D eigenvalue weighted by Gasteiger charge is 2.57. The van der Waals surface area contributed by atoms with Crippen molar-refractivity contribution in [2.24, 2.45) is 0 Å². The topological polar surface area (TPSA) is 35.5 Å². The van der Waals surface area contributed by atoms with Gasteiger partial charge in [0.2, 0.25) is 11.4 Å². The summed E-state index contributed by atoms with van der Waals surface area (Å²) in [6.07, 6.45) is 3.55. The molecule has 0 unspecified atom stereocenters. The SMILES string of the molecule is COc1ccc([C@H]2c3c(ccc4ccccc34)O[C@]23C(=O)C=Cc2ccccc23)cc1. The summed E-state index contributed by atoms with van der Waals surface area (Å²) in [7, 11) is 1.66. The molecule has 0 aromatic heterocycles. The molecular weight excluding hydrogens is 384 g/mol. The van der Waals surface area contributed by atoms with E-state index < -0.39 is 5.60 Å². The van der Waals surface area contributed by atoms with E-state index in [1.165, 1.54) is 0 Å². The Morgan fingerprint density at radius 1 is 0.839 bits per heavy atom. The molecule has 6 rings (SSSR count). The molecule has 3 heteroatoms. The van der Waals surface area contributed by atoms with E-state index in [1.807, 2.05) is 72.8 Å². The maximum Gasteiger partial charge on any atom is 0.207 e. The third-order valence-corrected chi connectivity index (χ3v) is 6.49. The Labute approximate surface area is 180 Å². The van der Waals surface area contributed by atoms with Gasteiger partial charge in [-0.2, -0.15) is 0 Å². The molecule has 1 heterocycles. The largest absolute Gasteiger partial charge is 0.497 e. The van der Waals surface area contributed by atoms with E-state index >= 15 is 0 Å². The number of hydrogen-bond acceptors (Lipinski definition) is 3. The molecule has 4 aromatic rings. The van der Waals surface area contributed by atoms with Crippen LogP contribution in [0.4, 0.5) is 0 Å². The molecule has 0 amide bonds. The van der Waals surface area contributed by atoms with Gasteiger partial charge in [0.05, 0.1) is 13.0 Å². The van der Waals surface area contributed by atoms with Crippen LogP contribution >= 0.6 is 0 Å². The van der Waals surface area contributed by atoms with E-state index in [1.54, 1.807) is 13.2 Å². The fourth-order valence-electron chi connectivity index (χ4n) is 5.10. The minimum absolute atomic E-state index is 0.0349. The van der Waals surface area contributed by atoms with Gasteiger partial charge in [0, 0.05) is 11.1 Å². The first-order valence-electron chi connectivity index (χ1n) is 10.4. The van der Waals surface area contributed by atoms with Crippen molar-refractivity contribution >= 4 is 22.6 Å². The van der Waals surface area contributed by atoms with Crippen LogP contribution in [-0.2, 0) is 10.4 Å². The zero-order valence-corrected chi connectivity index (χ0v) is 17.0. The van der Waals surface area contributed by atoms with Crippen LogP contribution in [0.2, 0.25) is 0 Å². The number of ketones is 1. The lowest BCUT2D eigenvalue weighted by Gasteiger charge is -2.36. The summed E-state index contributed by atoms with van der Waals surface area (Å²) < 4.78 is 12.1. The Hall–Kier alpha value is -3.85. The van der Waals surface area contributed by atoms with Crippen LogP contribution in [-0.4, -0.2) is 12.9 Å². The second kappa shape index (κ2) is 6.58. The van der Waals surface area contributed by atoms with Crippen molar-refractivity contribution in [2.45, 2.75) is 11.5 Å². The number of carbonyl (C=O) groups is 1. The smallest absolute Gasteiger partial charge is 0.207 e. The van der Waals surface area contributed by atoms with E-state index in [-0.39, 0.29) is 11.7 Å². The van der Waals surface area contributed by atoms with Crippen LogP contribution in [0.25, 0.3) is 16.8 Å². The first kappa shape index (κ1) is 18.0. The van der Waals surface area contributed by atoms with Crippen LogP contribution < -0.4 is 9.47 Å². The first-order chi connectivity index (χ1) is 15.2. The maximum absolute atomic E-state index is 13.7. The van der Waals surface area contributed by atoms with E-state index in [0.717, 1.165) is 44.5 Å². The molecule has 0 saturated carbocycles. The van der Waals surface area contributed by atoms with Gasteiger partial charge in [-0.25, -0.2) is 0 Å². The summed E-state index contributed by atoms with van der Waals surface area (Å²) in [6, 6.07) is 28.3. The van der Waals surface area contributed by atoms with Crippen LogP contribution in [0.5, 0.6) is 11.5 Å². The quantitative estimate of drug-likeness (QED) is 0.420. The van der Waals surface area contributed by atoms with Crippen molar-refractivity contribution in [1.82, 2.24) is 0 Å². The summed E-state index contributed by atoms with van der Waals surface area (Å²) in [5, 5.41) is 2.24. The third kappa shape index (κ3) is 2.43. The molecule has 150 valence electrons. The van der Waals surface area contributed by atoms with Gasteiger partial charge < -0.3 is 9.47 Å². The number of rotatable bonds is 2. The van der Waals surface area contributed by atoms with Crippen molar-refractivity contribution in [3.05, 3.63) is 113 Å². The van der Waals surface area contributed by atoms with Gasteiger partial charge in [-0.3, -0.25) is 4.79 Å². The van der Waals surface area contributed by atoms with Crippen molar-refractivity contribution in [3.63, 3.8) is 0 Å².